The van der Waals surface area contributed by atoms with Crippen molar-refractivity contribution >= 4 is 44.4 Å². The van der Waals surface area contributed by atoms with Crippen LogP contribution in [0.3, 0.4) is 0 Å². The van der Waals surface area contributed by atoms with Gasteiger partial charge in [0.2, 0.25) is 0 Å². The molecule has 0 aliphatic heterocycles. The smallest absolute Gasteiger partial charge is 0.136 e. The summed E-state index contributed by atoms with van der Waals surface area (Å²) in [4.78, 5) is 0. The van der Waals surface area contributed by atoms with Crippen molar-refractivity contribution in [2.45, 2.75) is 19.8 Å². The molecule has 0 saturated carbocycles. The van der Waals surface area contributed by atoms with Crippen LogP contribution in [-0.4, -0.2) is 13.7 Å². The van der Waals surface area contributed by atoms with E-state index >= 15 is 0 Å². The van der Waals surface area contributed by atoms with E-state index in [1.54, 1.807) is 7.11 Å². The van der Waals surface area contributed by atoms with Gasteiger partial charge in [0.05, 0.1) is 11.6 Å². The molecule has 17 heavy (non-hydrogen) atoms. The van der Waals surface area contributed by atoms with Crippen LogP contribution in [0.2, 0.25) is 0 Å². The Labute approximate surface area is 124 Å². The Kier molecular flexibility index (Phi) is 4.49. The first kappa shape index (κ1) is 13.4. The van der Waals surface area contributed by atoms with Gasteiger partial charge in [-0.2, -0.15) is 0 Å². The van der Waals surface area contributed by atoms with Gasteiger partial charge in [-0.15, -0.1) is 0 Å². The fourth-order valence-corrected chi connectivity index (χ4v) is 3.59. The Balaban J connectivity index is 2.51. The number of ether oxygens (including phenoxy) is 1. The van der Waals surface area contributed by atoms with Gasteiger partial charge in [-0.05, 0) is 58.0 Å². The van der Waals surface area contributed by atoms with Gasteiger partial charge in [0.25, 0.3) is 0 Å². The highest BCUT2D eigenvalue weighted by molar-refractivity contribution is 14.1. The minimum absolute atomic E-state index is 0.901. The molecule has 2 nitrogen and oxygen atoms in total. The molecule has 0 saturated heterocycles. The van der Waals surface area contributed by atoms with E-state index in [4.69, 9.17) is 4.74 Å². The van der Waals surface area contributed by atoms with Crippen LogP contribution < -0.4 is 8.27 Å². The lowest BCUT2D eigenvalue weighted by Gasteiger charge is -2.12. The average molecular weight is 408 g/mol. The van der Waals surface area contributed by atoms with Gasteiger partial charge in [-0.1, -0.05) is 12.1 Å². The number of fused-ring (bicyclic) bond motifs is 1. The second kappa shape index (κ2) is 5.71. The molecular weight excluding hydrogens is 393 g/mol. The molecule has 4 heteroatoms. The second-order valence-electron chi connectivity index (χ2n) is 4.14. The number of halogens is 2. The van der Waals surface area contributed by atoms with Gasteiger partial charge in [0, 0.05) is 29.4 Å². The van der Waals surface area contributed by atoms with E-state index in [1.165, 1.54) is 22.3 Å². The number of methoxy groups -OCH3 is 1. The number of aryl methyl sites for hydroxylation is 2. The molecule has 92 valence electrons. The van der Waals surface area contributed by atoms with Gasteiger partial charge in [0.1, 0.15) is 5.75 Å². The molecule has 2 rings (SSSR count). The van der Waals surface area contributed by atoms with Crippen molar-refractivity contribution < 1.29 is 4.74 Å². The molecule has 0 aromatic heterocycles. The molecule has 0 unspecified atom stereocenters. The molecule has 1 aliphatic rings. The molecule has 1 aromatic rings. The van der Waals surface area contributed by atoms with E-state index in [0.717, 1.165) is 29.6 Å². The summed E-state index contributed by atoms with van der Waals surface area (Å²) in [5.74, 6) is 0.957. The highest BCUT2D eigenvalue weighted by Gasteiger charge is 2.22. The number of nitrogens with one attached hydrogen (secondary N) is 1. The van der Waals surface area contributed by atoms with E-state index in [0.29, 0.717) is 0 Å². The summed E-state index contributed by atoms with van der Waals surface area (Å²) >= 11 is 5.86. The maximum absolute atomic E-state index is 5.46. The van der Waals surface area contributed by atoms with Crippen LogP contribution >= 0.6 is 38.8 Å². The standard InChI is InChI=1S/C13H15BrINO/c1-8-7-10-4-3-9(5-6-16-15)11(10)12(14)13(8)17-2/h5,7,16H,3-4,6H2,1-2H3/b9-5+. The number of allylic oxidation sites excluding steroid dienone is 1. The summed E-state index contributed by atoms with van der Waals surface area (Å²) in [6.07, 6.45) is 4.52. The van der Waals surface area contributed by atoms with Crippen molar-refractivity contribution in [3.63, 3.8) is 0 Å². The molecule has 0 amide bonds. The molecule has 1 N–H and O–H groups in total. The van der Waals surface area contributed by atoms with Gasteiger partial charge in [-0.25, -0.2) is 0 Å². The largest absolute Gasteiger partial charge is 0.495 e. The molecule has 0 atom stereocenters. The lowest BCUT2D eigenvalue weighted by atomic mass is 10.0. The monoisotopic (exact) mass is 407 g/mol. The Bertz CT molecular complexity index is 471. The molecular formula is C13H15BrINO. The third-order valence-electron chi connectivity index (χ3n) is 3.10. The molecule has 0 heterocycles. The van der Waals surface area contributed by atoms with Gasteiger partial charge >= 0.3 is 0 Å². The Hall–Kier alpha value is -0.0700. The zero-order valence-electron chi connectivity index (χ0n) is 9.94. The van der Waals surface area contributed by atoms with Crippen LogP contribution in [0.25, 0.3) is 5.57 Å². The third-order valence-corrected chi connectivity index (χ3v) is 4.30. The van der Waals surface area contributed by atoms with Crippen LogP contribution in [0.5, 0.6) is 5.75 Å². The van der Waals surface area contributed by atoms with Crippen LogP contribution in [0.4, 0.5) is 0 Å². The van der Waals surface area contributed by atoms with Crippen LogP contribution in [-0.2, 0) is 6.42 Å². The first-order chi connectivity index (χ1) is 8.19. The minimum atomic E-state index is 0.901. The number of hydrogen-bond acceptors (Lipinski definition) is 2. The van der Waals surface area contributed by atoms with Crippen LogP contribution in [0.1, 0.15) is 23.1 Å². The third kappa shape index (κ3) is 2.53. The van der Waals surface area contributed by atoms with E-state index in [9.17, 15) is 0 Å². The summed E-state index contributed by atoms with van der Waals surface area (Å²) in [6, 6.07) is 2.25. The second-order valence-corrected chi connectivity index (χ2v) is 5.70. The van der Waals surface area contributed by atoms with E-state index in [-0.39, 0.29) is 0 Å². The number of hydrogen-bond donors (Lipinski definition) is 1. The molecule has 0 fully saturated rings. The number of rotatable bonds is 3. The summed E-state index contributed by atoms with van der Waals surface area (Å²) < 4.78 is 9.70. The maximum atomic E-state index is 5.46. The molecule has 1 aliphatic carbocycles. The molecule has 0 spiro atoms. The lowest BCUT2D eigenvalue weighted by molar-refractivity contribution is 0.409. The van der Waals surface area contributed by atoms with Crippen LogP contribution in [0.15, 0.2) is 16.6 Å². The Morgan fingerprint density at radius 1 is 1.53 bits per heavy atom. The Morgan fingerprint density at radius 2 is 2.29 bits per heavy atom. The van der Waals surface area contributed by atoms with Crippen molar-refractivity contribution in [2.24, 2.45) is 0 Å². The Morgan fingerprint density at radius 3 is 2.94 bits per heavy atom. The van der Waals surface area contributed by atoms with Crippen molar-refractivity contribution in [3.8, 4) is 5.75 Å². The fraction of sp³-hybridized carbons (Fsp3) is 0.385. The fourth-order valence-electron chi connectivity index (χ4n) is 2.38. The topological polar surface area (TPSA) is 21.3 Å². The van der Waals surface area contributed by atoms with Crippen molar-refractivity contribution in [1.29, 1.82) is 0 Å². The van der Waals surface area contributed by atoms with Crippen molar-refractivity contribution in [3.05, 3.63) is 33.3 Å². The zero-order chi connectivity index (χ0) is 12.4. The summed E-state index contributed by atoms with van der Waals surface area (Å²) in [6.45, 7) is 3.00. The predicted octanol–water partition coefficient (Wildman–Crippen LogP) is 4.04. The minimum Gasteiger partial charge on any atom is -0.495 e. The normalized spacial score (nSPS) is 16.4. The van der Waals surface area contributed by atoms with Crippen LogP contribution in [0, 0.1) is 6.92 Å². The highest BCUT2D eigenvalue weighted by atomic mass is 127. The zero-order valence-corrected chi connectivity index (χ0v) is 13.7. The summed E-state index contributed by atoms with van der Waals surface area (Å²) in [5.41, 5.74) is 5.37. The lowest BCUT2D eigenvalue weighted by Crippen LogP contribution is -1.97. The van der Waals surface area contributed by atoms with Crippen molar-refractivity contribution in [2.75, 3.05) is 13.7 Å². The summed E-state index contributed by atoms with van der Waals surface area (Å²) in [5, 5.41) is 0. The van der Waals surface area contributed by atoms with Gasteiger partial charge < -0.3 is 4.74 Å². The molecule has 0 radical (unpaired) electrons. The highest BCUT2D eigenvalue weighted by Crippen LogP contribution is 2.43. The maximum Gasteiger partial charge on any atom is 0.136 e. The quantitative estimate of drug-likeness (QED) is 0.603. The van der Waals surface area contributed by atoms with Gasteiger partial charge in [0.15, 0.2) is 0 Å². The molecule has 1 aromatic carbocycles. The van der Waals surface area contributed by atoms with E-state index in [1.807, 2.05) is 0 Å². The van der Waals surface area contributed by atoms with Crippen molar-refractivity contribution in [1.82, 2.24) is 3.53 Å². The number of benzene rings is 1. The van der Waals surface area contributed by atoms with E-state index in [2.05, 4.69) is 61.4 Å². The first-order valence-electron chi connectivity index (χ1n) is 5.58. The molecule has 0 bridgehead atoms. The first-order valence-corrected chi connectivity index (χ1v) is 7.45. The van der Waals surface area contributed by atoms with E-state index < -0.39 is 0 Å². The predicted molar refractivity (Wildman–Crippen MR) is 83.8 cm³/mol. The average Bonchev–Trinajstić information content (AvgIpc) is 2.70. The van der Waals surface area contributed by atoms with Gasteiger partial charge in [-0.3, -0.25) is 3.53 Å². The SMILES string of the molecule is COc1c(C)cc2c(c1Br)/C(=C/CNI)CC2. The summed E-state index contributed by atoms with van der Waals surface area (Å²) in [7, 11) is 1.73.